The minimum atomic E-state index is -4.76. The smallest absolute Gasteiger partial charge is 0.406 e. The lowest BCUT2D eigenvalue weighted by molar-refractivity contribution is -0.274. The number of nitrogens with one attached hydrogen (secondary N) is 2. The first kappa shape index (κ1) is 19.8. The van der Waals surface area contributed by atoms with Gasteiger partial charge in [0.15, 0.2) is 0 Å². The monoisotopic (exact) mass is 347 g/mol. The summed E-state index contributed by atoms with van der Waals surface area (Å²) in [7, 11) is 0. The van der Waals surface area contributed by atoms with E-state index in [0.29, 0.717) is 18.8 Å². The van der Waals surface area contributed by atoms with Gasteiger partial charge in [-0.05, 0) is 37.7 Å². The summed E-state index contributed by atoms with van der Waals surface area (Å²) in [6.07, 6.45) is -4.76. The summed E-state index contributed by atoms with van der Waals surface area (Å²) in [6.45, 7) is 4.71. The zero-order valence-electron chi connectivity index (χ0n) is 13.4. The third kappa shape index (κ3) is 7.82. The fourth-order valence-corrected chi connectivity index (χ4v) is 1.88. The van der Waals surface area contributed by atoms with E-state index < -0.39 is 6.36 Å². The van der Waals surface area contributed by atoms with E-state index in [0.717, 1.165) is 12.1 Å². The summed E-state index contributed by atoms with van der Waals surface area (Å²) in [5, 5.41) is 5.19. The number of amides is 2. The number of hydrogen-bond acceptors (Lipinski definition) is 4. The van der Waals surface area contributed by atoms with E-state index in [4.69, 9.17) is 0 Å². The zero-order chi connectivity index (χ0) is 18.2. The molecule has 0 saturated carbocycles. The van der Waals surface area contributed by atoms with Gasteiger partial charge in [-0.3, -0.25) is 14.5 Å². The summed E-state index contributed by atoms with van der Waals surface area (Å²) in [4.78, 5) is 25.1. The molecule has 0 aromatic heterocycles. The molecule has 9 heteroatoms. The van der Waals surface area contributed by atoms with Crippen molar-refractivity contribution in [2.75, 3.05) is 31.5 Å². The van der Waals surface area contributed by atoms with E-state index in [1.165, 1.54) is 12.1 Å². The van der Waals surface area contributed by atoms with Crippen LogP contribution in [0.2, 0.25) is 0 Å². The molecule has 0 radical (unpaired) electrons. The Morgan fingerprint density at radius 3 is 2.17 bits per heavy atom. The molecule has 1 rings (SSSR count). The lowest BCUT2D eigenvalue weighted by atomic mass is 10.3. The molecule has 0 spiro atoms. The maximum Gasteiger partial charge on any atom is 0.573 e. The van der Waals surface area contributed by atoms with Crippen molar-refractivity contribution in [1.82, 2.24) is 10.2 Å². The van der Waals surface area contributed by atoms with Crippen LogP contribution in [-0.2, 0) is 9.59 Å². The Balaban J connectivity index is 2.53. The Bertz CT molecular complexity index is 547. The minimum absolute atomic E-state index is 0.00552. The number of likely N-dealkylation sites (N-methyl/N-ethyl adjacent to an activating group) is 2. The molecule has 0 heterocycles. The van der Waals surface area contributed by atoms with Gasteiger partial charge in [-0.15, -0.1) is 13.2 Å². The highest BCUT2D eigenvalue weighted by Crippen LogP contribution is 2.23. The molecule has 6 nitrogen and oxygen atoms in total. The van der Waals surface area contributed by atoms with Gasteiger partial charge in [-0.1, -0.05) is 6.92 Å². The predicted molar refractivity (Wildman–Crippen MR) is 82.6 cm³/mol. The Morgan fingerprint density at radius 1 is 1.08 bits per heavy atom. The van der Waals surface area contributed by atoms with Crippen LogP contribution in [0.4, 0.5) is 18.9 Å². The standard InChI is InChI=1S/C15H20F3N3O3/c1-3-19-13(22)9-21(4-2)10-14(23)20-11-5-7-12(8-6-11)24-15(16,17)18/h5-8H,3-4,9-10H2,1-2H3,(H,19,22)(H,20,23). The normalized spacial score (nSPS) is 11.2. The van der Waals surface area contributed by atoms with Crippen molar-refractivity contribution in [3.8, 4) is 5.75 Å². The SMILES string of the molecule is CCNC(=O)CN(CC)CC(=O)Nc1ccc(OC(F)(F)F)cc1. The van der Waals surface area contributed by atoms with Gasteiger partial charge in [-0.2, -0.15) is 0 Å². The molecular weight excluding hydrogens is 327 g/mol. The Morgan fingerprint density at radius 2 is 1.67 bits per heavy atom. The average Bonchev–Trinajstić information content (AvgIpc) is 2.47. The number of benzene rings is 1. The van der Waals surface area contributed by atoms with Crippen molar-refractivity contribution in [2.24, 2.45) is 0 Å². The third-order valence-corrected chi connectivity index (χ3v) is 2.93. The lowest BCUT2D eigenvalue weighted by Crippen LogP contribution is -2.41. The van der Waals surface area contributed by atoms with Crippen molar-refractivity contribution < 1.29 is 27.5 Å². The van der Waals surface area contributed by atoms with Gasteiger partial charge in [0, 0.05) is 12.2 Å². The second kappa shape index (κ2) is 9.11. The molecule has 0 atom stereocenters. The van der Waals surface area contributed by atoms with Gasteiger partial charge < -0.3 is 15.4 Å². The molecule has 0 aliphatic rings. The highest BCUT2D eigenvalue weighted by atomic mass is 19.4. The fourth-order valence-electron chi connectivity index (χ4n) is 1.88. The number of hydrogen-bond donors (Lipinski definition) is 2. The first-order chi connectivity index (χ1) is 11.2. The highest BCUT2D eigenvalue weighted by molar-refractivity contribution is 5.92. The molecule has 0 unspecified atom stereocenters. The van der Waals surface area contributed by atoms with Gasteiger partial charge in [0.05, 0.1) is 13.1 Å². The molecule has 0 fully saturated rings. The van der Waals surface area contributed by atoms with Crippen LogP contribution in [0.25, 0.3) is 0 Å². The summed E-state index contributed by atoms with van der Waals surface area (Å²) >= 11 is 0. The van der Waals surface area contributed by atoms with E-state index in [1.54, 1.807) is 11.8 Å². The predicted octanol–water partition coefficient (Wildman–Crippen LogP) is 1.98. The van der Waals surface area contributed by atoms with Crippen LogP contribution >= 0.6 is 0 Å². The highest BCUT2D eigenvalue weighted by Gasteiger charge is 2.30. The number of halogens is 3. The van der Waals surface area contributed by atoms with Gasteiger partial charge in [0.2, 0.25) is 11.8 Å². The van der Waals surface area contributed by atoms with Gasteiger partial charge in [0.25, 0.3) is 0 Å². The molecule has 0 saturated heterocycles. The van der Waals surface area contributed by atoms with Crippen molar-refractivity contribution >= 4 is 17.5 Å². The number of carbonyl (C=O) groups excluding carboxylic acids is 2. The van der Waals surface area contributed by atoms with Crippen LogP contribution in [0.1, 0.15) is 13.8 Å². The van der Waals surface area contributed by atoms with Crippen LogP contribution < -0.4 is 15.4 Å². The summed E-state index contributed by atoms with van der Waals surface area (Å²) in [5.74, 6) is -0.918. The molecule has 0 aliphatic heterocycles. The number of ether oxygens (including phenoxy) is 1. The maximum atomic E-state index is 12.1. The lowest BCUT2D eigenvalue weighted by Gasteiger charge is -2.19. The Hall–Kier alpha value is -2.29. The third-order valence-electron chi connectivity index (χ3n) is 2.93. The van der Waals surface area contributed by atoms with E-state index >= 15 is 0 Å². The summed E-state index contributed by atoms with van der Waals surface area (Å²) in [6, 6.07) is 4.82. The first-order valence-electron chi connectivity index (χ1n) is 7.38. The quantitative estimate of drug-likeness (QED) is 0.754. The Kier molecular flexibility index (Phi) is 7.50. The molecule has 0 aliphatic carbocycles. The van der Waals surface area contributed by atoms with Crippen LogP contribution in [0.5, 0.6) is 5.75 Å². The largest absolute Gasteiger partial charge is 0.573 e. The zero-order valence-corrected chi connectivity index (χ0v) is 13.4. The van der Waals surface area contributed by atoms with Gasteiger partial charge >= 0.3 is 6.36 Å². The molecule has 134 valence electrons. The molecule has 24 heavy (non-hydrogen) atoms. The molecular formula is C15H20F3N3O3. The van der Waals surface area contributed by atoms with Crippen molar-refractivity contribution in [1.29, 1.82) is 0 Å². The summed E-state index contributed by atoms with van der Waals surface area (Å²) < 4.78 is 39.9. The van der Waals surface area contributed by atoms with Crippen LogP contribution in [0.15, 0.2) is 24.3 Å². The van der Waals surface area contributed by atoms with Gasteiger partial charge in [-0.25, -0.2) is 0 Å². The number of alkyl halides is 3. The second-order valence-electron chi connectivity index (χ2n) is 4.88. The number of carbonyl (C=O) groups is 2. The van der Waals surface area contributed by atoms with Crippen molar-refractivity contribution in [2.45, 2.75) is 20.2 Å². The van der Waals surface area contributed by atoms with E-state index in [1.807, 2.05) is 6.92 Å². The van der Waals surface area contributed by atoms with E-state index in [-0.39, 0.29) is 30.7 Å². The molecule has 0 bridgehead atoms. The fraction of sp³-hybridized carbons (Fsp3) is 0.467. The van der Waals surface area contributed by atoms with E-state index in [2.05, 4.69) is 15.4 Å². The van der Waals surface area contributed by atoms with E-state index in [9.17, 15) is 22.8 Å². The van der Waals surface area contributed by atoms with Crippen molar-refractivity contribution in [3.63, 3.8) is 0 Å². The maximum absolute atomic E-state index is 12.1. The Labute approximate surface area is 138 Å². The molecule has 2 N–H and O–H groups in total. The second-order valence-corrected chi connectivity index (χ2v) is 4.88. The van der Waals surface area contributed by atoms with Crippen LogP contribution in [0.3, 0.4) is 0 Å². The van der Waals surface area contributed by atoms with Crippen LogP contribution in [-0.4, -0.2) is 49.3 Å². The molecule has 2 amide bonds. The topological polar surface area (TPSA) is 70.7 Å². The molecule has 1 aromatic rings. The first-order valence-corrected chi connectivity index (χ1v) is 7.38. The number of anilines is 1. The van der Waals surface area contributed by atoms with Crippen LogP contribution in [0, 0.1) is 0 Å². The average molecular weight is 347 g/mol. The summed E-state index contributed by atoms with van der Waals surface area (Å²) in [5.41, 5.74) is 0.337. The number of nitrogens with zero attached hydrogens (tertiary/aromatic N) is 1. The minimum Gasteiger partial charge on any atom is -0.406 e. The van der Waals surface area contributed by atoms with Crippen molar-refractivity contribution in [3.05, 3.63) is 24.3 Å². The number of rotatable bonds is 8. The van der Waals surface area contributed by atoms with Gasteiger partial charge in [0.1, 0.15) is 5.75 Å². The molecule has 1 aromatic carbocycles.